The van der Waals surface area contributed by atoms with Crippen LogP contribution in [-0.4, -0.2) is 17.6 Å². The quantitative estimate of drug-likeness (QED) is 0.622. The molecule has 0 aliphatic carbocycles. The highest BCUT2D eigenvalue weighted by Crippen LogP contribution is 2.15. The molecule has 1 aromatic heterocycles. The van der Waals surface area contributed by atoms with E-state index in [2.05, 4.69) is 4.98 Å². The Labute approximate surface area is 94.6 Å². The van der Waals surface area contributed by atoms with E-state index in [1.54, 1.807) is 13.0 Å². The van der Waals surface area contributed by atoms with Crippen LogP contribution in [0.5, 0.6) is 0 Å². The van der Waals surface area contributed by atoms with Gasteiger partial charge >= 0.3 is 5.97 Å². The van der Waals surface area contributed by atoms with Crippen LogP contribution in [0, 0.1) is 3.57 Å². The fourth-order valence-corrected chi connectivity index (χ4v) is 1.80. The lowest BCUT2D eigenvalue weighted by atomic mass is 10.3. The van der Waals surface area contributed by atoms with Gasteiger partial charge in [0.05, 0.1) is 11.6 Å². The Morgan fingerprint density at radius 1 is 1.77 bits per heavy atom. The Morgan fingerprint density at radius 2 is 2.46 bits per heavy atom. The van der Waals surface area contributed by atoms with E-state index in [4.69, 9.17) is 16.3 Å². The van der Waals surface area contributed by atoms with E-state index in [1.165, 1.54) is 6.20 Å². The summed E-state index contributed by atoms with van der Waals surface area (Å²) in [6.45, 7) is 2.10. The van der Waals surface area contributed by atoms with Gasteiger partial charge in [0.15, 0.2) is 5.69 Å². The number of nitrogens with zero attached hydrogens (tertiary/aromatic N) is 1. The first-order chi connectivity index (χ1) is 6.15. The molecule has 5 heteroatoms. The Balaban J connectivity index is 2.95. The number of rotatable bonds is 2. The highest BCUT2D eigenvalue weighted by atomic mass is 127. The van der Waals surface area contributed by atoms with Crippen molar-refractivity contribution in [3.63, 3.8) is 0 Å². The molecule has 0 aliphatic rings. The van der Waals surface area contributed by atoms with Gasteiger partial charge in [0.25, 0.3) is 0 Å². The molecular formula is C8H7ClINO2. The van der Waals surface area contributed by atoms with E-state index in [0.717, 1.165) is 0 Å². The van der Waals surface area contributed by atoms with Crippen LogP contribution in [0.2, 0.25) is 5.02 Å². The van der Waals surface area contributed by atoms with Crippen molar-refractivity contribution >= 4 is 40.2 Å². The fourth-order valence-electron chi connectivity index (χ4n) is 0.764. The van der Waals surface area contributed by atoms with Crippen LogP contribution in [0.4, 0.5) is 0 Å². The number of aromatic nitrogens is 1. The van der Waals surface area contributed by atoms with Gasteiger partial charge in [-0.15, -0.1) is 0 Å². The number of halogens is 2. The van der Waals surface area contributed by atoms with Gasteiger partial charge in [0.2, 0.25) is 0 Å². The monoisotopic (exact) mass is 311 g/mol. The third-order valence-electron chi connectivity index (χ3n) is 1.28. The van der Waals surface area contributed by atoms with E-state index in [-0.39, 0.29) is 0 Å². The molecule has 0 saturated carbocycles. The molecule has 0 unspecified atom stereocenters. The minimum atomic E-state index is -0.413. The SMILES string of the molecule is CCOC(=O)c1ncc(Cl)cc1I. The number of ether oxygens (including phenoxy) is 1. The second kappa shape index (κ2) is 4.76. The molecule has 1 aromatic rings. The summed E-state index contributed by atoms with van der Waals surface area (Å²) in [5, 5.41) is 0.512. The average Bonchev–Trinajstić information content (AvgIpc) is 2.04. The van der Waals surface area contributed by atoms with Crippen LogP contribution in [0.15, 0.2) is 12.3 Å². The first-order valence-corrected chi connectivity index (χ1v) is 5.09. The largest absolute Gasteiger partial charge is 0.461 e. The minimum Gasteiger partial charge on any atom is -0.461 e. The van der Waals surface area contributed by atoms with E-state index in [1.807, 2.05) is 22.6 Å². The zero-order valence-corrected chi connectivity index (χ0v) is 9.79. The lowest BCUT2D eigenvalue weighted by molar-refractivity contribution is 0.0518. The van der Waals surface area contributed by atoms with E-state index >= 15 is 0 Å². The van der Waals surface area contributed by atoms with Crippen molar-refractivity contribution in [1.82, 2.24) is 4.98 Å². The standard InChI is InChI=1S/C8H7ClINO2/c1-2-13-8(12)7-6(10)3-5(9)4-11-7/h3-4H,2H2,1H3. The molecule has 0 spiro atoms. The van der Waals surface area contributed by atoms with Crippen LogP contribution in [0.3, 0.4) is 0 Å². The smallest absolute Gasteiger partial charge is 0.358 e. The molecule has 0 fully saturated rings. The summed E-state index contributed by atoms with van der Waals surface area (Å²) >= 11 is 7.67. The summed E-state index contributed by atoms with van der Waals surface area (Å²) in [5.74, 6) is -0.413. The summed E-state index contributed by atoms with van der Waals surface area (Å²) in [6, 6.07) is 1.67. The molecule has 0 saturated heterocycles. The number of esters is 1. The highest BCUT2D eigenvalue weighted by Gasteiger charge is 2.12. The maximum Gasteiger partial charge on any atom is 0.358 e. The molecule has 0 radical (unpaired) electrons. The Bertz CT molecular complexity index is 330. The van der Waals surface area contributed by atoms with Crippen molar-refractivity contribution in [2.24, 2.45) is 0 Å². The first kappa shape index (κ1) is 10.7. The molecule has 0 N–H and O–H groups in total. The molecular weight excluding hydrogens is 304 g/mol. The van der Waals surface area contributed by atoms with Crippen molar-refractivity contribution in [3.05, 3.63) is 26.5 Å². The van der Waals surface area contributed by atoms with Crippen LogP contribution in [0.25, 0.3) is 0 Å². The predicted molar refractivity (Wildman–Crippen MR) is 57.9 cm³/mol. The van der Waals surface area contributed by atoms with Gasteiger partial charge in [-0.3, -0.25) is 0 Å². The van der Waals surface area contributed by atoms with Crippen molar-refractivity contribution in [2.45, 2.75) is 6.92 Å². The number of pyridine rings is 1. The molecule has 0 bridgehead atoms. The van der Waals surface area contributed by atoms with E-state index in [0.29, 0.717) is 20.9 Å². The number of hydrogen-bond acceptors (Lipinski definition) is 3. The lowest BCUT2D eigenvalue weighted by Crippen LogP contribution is -2.08. The lowest BCUT2D eigenvalue weighted by Gasteiger charge is -2.02. The van der Waals surface area contributed by atoms with Crippen molar-refractivity contribution < 1.29 is 9.53 Å². The summed E-state index contributed by atoms with van der Waals surface area (Å²) in [4.78, 5) is 15.1. The average molecular weight is 312 g/mol. The van der Waals surface area contributed by atoms with Gasteiger partial charge in [-0.25, -0.2) is 9.78 Å². The van der Waals surface area contributed by atoms with Crippen LogP contribution in [0.1, 0.15) is 17.4 Å². The van der Waals surface area contributed by atoms with Gasteiger partial charge < -0.3 is 4.74 Å². The number of carbonyl (C=O) groups is 1. The maximum atomic E-state index is 11.2. The number of hydrogen-bond donors (Lipinski definition) is 0. The van der Waals surface area contributed by atoms with Crippen molar-refractivity contribution in [2.75, 3.05) is 6.61 Å². The molecule has 3 nitrogen and oxygen atoms in total. The Hall–Kier alpha value is -0.360. The van der Waals surface area contributed by atoms with Gasteiger partial charge in [-0.1, -0.05) is 11.6 Å². The molecule has 0 atom stereocenters. The molecule has 13 heavy (non-hydrogen) atoms. The first-order valence-electron chi connectivity index (χ1n) is 3.63. The number of carbonyl (C=O) groups excluding carboxylic acids is 1. The minimum absolute atomic E-state index is 0.312. The highest BCUT2D eigenvalue weighted by molar-refractivity contribution is 14.1. The normalized spacial score (nSPS) is 9.77. The Kier molecular flexibility index (Phi) is 3.92. The second-order valence-corrected chi connectivity index (χ2v) is 3.80. The summed E-state index contributed by atoms with van der Waals surface area (Å²) < 4.78 is 5.50. The summed E-state index contributed by atoms with van der Waals surface area (Å²) in [6.07, 6.45) is 1.43. The van der Waals surface area contributed by atoms with Gasteiger partial charge in [0, 0.05) is 9.77 Å². The molecule has 1 heterocycles. The molecule has 70 valence electrons. The van der Waals surface area contributed by atoms with Gasteiger partial charge in [0.1, 0.15) is 0 Å². The van der Waals surface area contributed by atoms with E-state index in [9.17, 15) is 4.79 Å². The maximum absolute atomic E-state index is 11.2. The van der Waals surface area contributed by atoms with Gasteiger partial charge in [-0.2, -0.15) is 0 Å². The third-order valence-corrected chi connectivity index (χ3v) is 2.31. The van der Waals surface area contributed by atoms with Gasteiger partial charge in [-0.05, 0) is 35.6 Å². The molecule has 1 rings (SSSR count). The van der Waals surface area contributed by atoms with E-state index < -0.39 is 5.97 Å². The summed E-state index contributed by atoms with van der Waals surface area (Å²) in [7, 11) is 0. The zero-order chi connectivity index (χ0) is 9.84. The molecule has 0 aromatic carbocycles. The van der Waals surface area contributed by atoms with Crippen LogP contribution < -0.4 is 0 Å². The topological polar surface area (TPSA) is 39.2 Å². The Morgan fingerprint density at radius 3 is 3.00 bits per heavy atom. The third kappa shape index (κ3) is 2.80. The molecule has 0 amide bonds. The van der Waals surface area contributed by atoms with Crippen LogP contribution in [-0.2, 0) is 4.74 Å². The van der Waals surface area contributed by atoms with Crippen molar-refractivity contribution in [3.8, 4) is 0 Å². The predicted octanol–water partition coefficient (Wildman–Crippen LogP) is 2.52. The van der Waals surface area contributed by atoms with Crippen LogP contribution >= 0.6 is 34.2 Å². The molecule has 0 aliphatic heterocycles. The zero-order valence-electron chi connectivity index (χ0n) is 6.88. The summed E-state index contributed by atoms with van der Waals surface area (Å²) in [5.41, 5.74) is 0.312. The second-order valence-electron chi connectivity index (χ2n) is 2.20. The fraction of sp³-hybridized carbons (Fsp3) is 0.250. The van der Waals surface area contributed by atoms with Crippen molar-refractivity contribution in [1.29, 1.82) is 0 Å².